The number of allylic oxidation sites excluding steroid dienone is 1. The fourth-order valence-electron chi connectivity index (χ4n) is 2.09. The van der Waals surface area contributed by atoms with Crippen molar-refractivity contribution in [3.63, 3.8) is 0 Å². The highest BCUT2D eigenvalue weighted by molar-refractivity contribution is 5.25. The van der Waals surface area contributed by atoms with Crippen LogP contribution in [0.15, 0.2) is 29.8 Å². The van der Waals surface area contributed by atoms with Gasteiger partial charge in [-0.1, -0.05) is 17.7 Å². The standard InChI is InChI=1S/C13H15F2N/c14-11-5-4-10(13(15)8-11)6-9-2-1-3-12(16)7-9/h4-5,7-8,12H,1-3,6,16H2. The fraction of sp³-hybridized carbons (Fsp3) is 0.385. The van der Waals surface area contributed by atoms with Crippen LogP contribution in [-0.4, -0.2) is 6.04 Å². The number of hydrogen-bond acceptors (Lipinski definition) is 1. The number of benzene rings is 1. The van der Waals surface area contributed by atoms with Crippen molar-refractivity contribution in [2.75, 3.05) is 0 Å². The van der Waals surface area contributed by atoms with E-state index in [0.717, 1.165) is 30.9 Å². The van der Waals surface area contributed by atoms with E-state index in [0.29, 0.717) is 12.0 Å². The van der Waals surface area contributed by atoms with Crippen LogP contribution in [0.25, 0.3) is 0 Å². The quantitative estimate of drug-likeness (QED) is 0.766. The lowest BCUT2D eigenvalue weighted by Gasteiger charge is -2.18. The molecule has 0 radical (unpaired) electrons. The monoisotopic (exact) mass is 223 g/mol. The van der Waals surface area contributed by atoms with Crippen LogP contribution in [0.3, 0.4) is 0 Å². The molecule has 1 aromatic rings. The molecule has 0 amide bonds. The van der Waals surface area contributed by atoms with Gasteiger partial charge in [-0.25, -0.2) is 8.78 Å². The maximum atomic E-state index is 13.4. The molecule has 0 heterocycles. The molecule has 86 valence electrons. The molecule has 1 atom stereocenters. The SMILES string of the molecule is NC1C=C(Cc2ccc(F)cc2F)CCC1. The highest BCUT2D eigenvalue weighted by Gasteiger charge is 2.12. The fourth-order valence-corrected chi connectivity index (χ4v) is 2.09. The first-order valence-electron chi connectivity index (χ1n) is 5.54. The van der Waals surface area contributed by atoms with Gasteiger partial charge in [0.05, 0.1) is 0 Å². The van der Waals surface area contributed by atoms with Crippen LogP contribution in [0.5, 0.6) is 0 Å². The molecule has 0 bridgehead atoms. The Bertz CT molecular complexity index is 412. The van der Waals surface area contributed by atoms with E-state index in [-0.39, 0.29) is 6.04 Å². The van der Waals surface area contributed by atoms with Gasteiger partial charge in [0.15, 0.2) is 0 Å². The van der Waals surface area contributed by atoms with Crippen molar-refractivity contribution in [1.82, 2.24) is 0 Å². The smallest absolute Gasteiger partial charge is 0.129 e. The average molecular weight is 223 g/mol. The normalized spacial score (nSPS) is 20.7. The van der Waals surface area contributed by atoms with E-state index in [9.17, 15) is 8.78 Å². The molecule has 0 aromatic heterocycles. The van der Waals surface area contributed by atoms with Gasteiger partial charge < -0.3 is 5.73 Å². The second-order valence-electron chi connectivity index (χ2n) is 4.29. The maximum Gasteiger partial charge on any atom is 0.129 e. The van der Waals surface area contributed by atoms with Crippen LogP contribution >= 0.6 is 0 Å². The summed E-state index contributed by atoms with van der Waals surface area (Å²) < 4.78 is 26.1. The summed E-state index contributed by atoms with van der Waals surface area (Å²) in [6.45, 7) is 0. The lowest BCUT2D eigenvalue weighted by Crippen LogP contribution is -2.20. The Labute approximate surface area is 94.0 Å². The minimum atomic E-state index is -0.532. The van der Waals surface area contributed by atoms with E-state index < -0.39 is 11.6 Å². The molecule has 1 unspecified atom stereocenters. The van der Waals surface area contributed by atoms with Crippen LogP contribution < -0.4 is 5.73 Å². The molecular formula is C13H15F2N. The van der Waals surface area contributed by atoms with Gasteiger partial charge in [0.2, 0.25) is 0 Å². The van der Waals surface area contributed by atoms with Gasteiger partial charge in [0.1, 0.15) is 11.6 Å². The summed E-state index contributed by atoms with van der Waals surface area (Å²) in [5.74, 6) is -1.00. The lowest BCUT2D eigenvalue weighted by atomic mass is 9.92. The molecule has 1 aliphatic carbocycles. The Kier molecular flexibility index (Phi) is 3.34. The van der Waals surface area contributed by atoms with E-state index in [1.807, 2.05) is 6.08 Å². The van der Waals surface area contributed by atoms with Crippen molar-refractivity contribution in [2.24, 2.45) is 5.73 Å². The molecule has 1 aromatic carbocycles. The first-order chi connectivity index (χ1) is 7.65. The van der Waals surface area contributed by atoms with Crippen molar-refractivity contribution in [1.29, 1.82) is 0 Å². The van der Waals surface area contributed by atoms with Crippen LogP contribution in [0, 0.1) is 11.6 Å². The van der Waals surface area contributed by atoms with E-state index in [2.05, 4.69) is 0 Å². The van der Waals surface area contributed by atoms with E-state index in [1.54, 1.807) is 0 Å². The summed E-state index contributed by atoms with van der Waals surface area (Å²) in [5, 5.41) is 0. The van der Waals surface area contributed by atoms with Crippen LogP contribution in [0.4, 0.5) is 8.78 Å². The van der Waals surface area contributed by atoms with Crippen molar-refractivity contribution in [2.45, 2.75) is 31.7 Å². The van der Waals surface area contributed by atoms with E-state index in [4.69, 9.17) is 5.73 Å². The zero-order valence-electron chi connectivity index (χ0n) is 9.05. The van der Waals surface area contributed by atoms with Gasteiger partial charge in [-0.15, -0.1) is 0 Å². The van der Waals surface area contributed by atoms with Gasteiger partial charge in [-0.05, 0) is 37.3 Å². The first kappa shape index (κ1) is 11.3. The Morgan fingerprint density at radius 1 is 1.31 bits per heavy atom. The molecule has 1 aliphatic rings. The Morgan fingerprint density at radius 2 is 2.12 bits per heavy atom. The highest BCUT2D eigenvalue weighted by atomic mass is 19.1. The molecule has 0 fully saturated rings. The predicted octanol–water partition coefficient (Wildman–Crippen LogP) is 2.94. The summed E-state index contributed by atoms with van der Waals surface area (Å²) in [7, 11) is 0. The van der Waals surface area contributed by atoms with Gasteiger partial charge in [-0.2, -0.15) is 0 Å². The molecule has 2 N–H and O–H groups in total. The molecule has 0 saturated carbocycles. The molecule has 3 heteroatoms. The Balaban J connectivity index is 2.14. The summed E-state index contributed by atoms with van der Waals surface area (Å²) in [5.41, 5.74) is 7.51. The zero-order valence-corrected chi connectivity index (χ0v) is 9.05. The molecule has 0 aliphatic heterocycles. The van der Waals surface area contributed by atoms with Gasteiger partial charge in [0, 0.05) is 12.1 Å². The zero-order chi connectivity index (χ0) is 11.5. The summed E-state index contributed by atoms with van der Waals surface area (Å²) in [6, 6.07) is 3.82. The van der Waals surface area contributed by atoms with Crippen LogP contribution in [0.2, 0.25) is 0 Å². The van der Waals surface area contributed by atoms with Crippen molar-refractivity contribution in [3.8, 4) is 0 Å². The third-order valence-electron chi connectivity index (χ3n) is 2.92. The number of nitrogens with two attached hydrogens (primary N) is 1. The van der Waals surface area contributed by atoms with Crippen molar-refractivity contribution in [3.05, 3.63) is 47.0 Å². The summed E-state index contributed by atoms with van der Waals surface area (Å²) >= 11 is 0. The van der Waals surface area contributed by atoms with Gasteiger partial charge in [0.25, 0.3) is 0 Å². The largest absolute Gasteiger partial charge is 0.324 e. The van der Waals surface area contributed by atoms with Crippen LogP contribution in [-0.2, 0) is 6.42 Å². The Morgan fingerprint density at radius 3 is 2.81 bits per heavy atom. The first-order valence-corrected chi connectivity index (χ1v) is 5.54. The summed E-state index contributed by atoms with van der Waals surface area (Å²) in [6.07, 6.45) is 5.56. The molecule has 1 nitrogen and oxygen atoms in total. The minimum absolute atomic E-state index is 0.0901. The van der Waals surface area contributed by atoms with Gasteiger partial charge >= 0.3 is 0 Å². The molecule has 2 rings (SSSR count). The predicted molar refractivity (Wildman–Crippen MR) is 60.0 cm³/mol. The average Bonchev–Trinajstić information content (AvgIpc) is 2.22. The van der Waals surface area contributed by atoms with E-state index in [1.165, 1.54) is 12.1 Å². The van der Waals surface area contributed by atoms with E-state index >= 15 is 0 Å². The topological polar surface area (TPSA) is 26.0 Å². The van der Waals surface area contributed by atoms with Crippen molar-refractivity contribution < 1.29 is 8.78 Å². The molecule has 16 heavy (non-hydrogen) atoms. The summed E-state index contributed by atoms with van der Waals surface area (Å²) in [4.78, 5) is 0. The second-order valence-corrected chi connectivity index (χ2v) is 4.29. The molecule has 0 spiro atoms. The highest BCUT2D eigenvalue weighted by Crippen LogP contribution is 2.22. The van der Waals surface area contributed by atoms with Gasteiger partial charge in [-0.3, -0.25) is 0 Å². The second kappa shape index (κ2) is 4.74. The molecular weight excluding hydrogens is 208 g/mol. The molecule has 0 saturated heterocycles. The Hall–Kier alpha value is -1.22. The number of rotatable bonds is 2. The number of hydrogen-bond donors (Lipinski definition) is 1. The van der Waals surface area contributed by atoms with Crippen molar-refractivity contribution >= 4 is 0 Å². The third-order valence-corrected chi connectivity index (χ3v) is 2.92. The lowest BCUT2D eigenvalue weighted by molar-refractivity contribution is 0.569. The van der Waals surface area contributed by atoms with Crippen LogP contribution in [0.1, 0.15) is 24.8 Å². The minimum Gasteiger partial charge on any atom is -0.324 e. The maximum absolute atomic E-state index is 13.4. The number of halogens is 2. The third kappa shape index (κ3) is 2.67.